The summed E-state index contributed by atoms with van der Waals surface area (Å²) in [5.74, 6) is 0.104. The van der Waals surface area contributed by atoms with Crippen molar-refractivity contribution < 1.29 is 9.53 Å². The van der Waals surface area contributed by atoms with Gasteiger partial charge >= 0.3 is 0 Å². The maximum Gasteiger partial charge on any atom is 0.255 e. The highest BCUT2D eigenvalue weighted by Crippen LogP contribution is 2.20. The highest BCUT2D eigenvalue weighted by Gasteiger charge is 2.10. The van der Waals surface area contributed by atoms with Crippen molar-refractivity contribution in [2.75, 3.05) is 12.4 Å². The van der Waals surface area contributed by atoms with Gasteiger partial charge in [-0.25, -0.2) is 4.98 Å². The van der Waals surface area contributed by atoms with Gasteiger partial charge in [-0.05, 0) is 24.3 Å². The van der Waals surface area contributed by atoms with E-state index in [0.29, 0.717) is 22.8 Å². The zero-order valence-corrected chi connectivity index (χ0v) is 10.5. The third kappa shape index (κ3) is 3.05. The molecule has 3 N–H and O–H groups in total. The summed E-state index contributed by atoms with van der Waals surface area (Å²) in [7, 11) is 1.50. The molecule has 0 aliphatic rings. The molecular weight excluding hydrogens is 244 g/mol. The molecule has 2 aromatic rings. The topological polar surface area (TPSA) is 90.1 Å². The molecular formula is C13H14N4O2. The quantitative estimate of drug-likeness (QED) is 0.859. The zero-order chi connectivity index (χ0) is 13.7. The van der Waals surface area contributed by atoms with Crippen LogP contribution < -0.4 is 15.8 Å². The van der Waals surface area contributed by atoms with Gasteiger partial charge in [-0.15, -0.1) is 0 Å². The fourth-order valence-corrected chi connectivity index (χ4v) is 1.57. The van der Waals surface area contributed by atoms with Crippen molar-refractivity contribution in [2.24, 2.45) is 5.73 Å². The Kier molecular flexibility index (Phi) is 4.04. The van der Waals surface area contributed by atoms with Crippen molar-refractivity contribution in [2.45, 2.75) is 6.54 Å². The minimum absolute atomic E-state index is 0.261. The molecule has 0 aromatic carbocycles. The minimum atomic E-state index is -0.261. The third-order valence-corrected chi connectivity index (χ3v) is 2.50. The van der Waals surface area contributed by atoms with Crippen molar-refractivity contribution in [1.82, 2.24) is 9.97 Å². The molecule has 6 heteroatoms. The lowest BCUT2D eigenvalue weighted by atomic mass is 10.2. The van der Waals surface area contributed by atoms with E-state index in [9.17, 15) is 4.79 Å². The van der Waals surface area contributed by atoms with E-state index in [1.54, 1.807) is 36.7 Å². The standard InChI is InChI=1S/C13H14N4O2/c1-19-13-11(3-2-5-16-13)17-12(18)9-4-6-15-10(7-9)8-14/h2-7H,8,14H2,1H3,(H,17,18). The van der Waals surface area contributed by atoms with Crippen LogP contribution in [0.25, 0.3) is 0 Å². The first-order valence-electron chi connectivity index (χ1n) is 5.70. The number of anilines is 1. The highest BCUT2D eigenvalue weighted by molar-refractivity contribution is 6.04. The first kappa shape index (κ1) is 13.0. The van der Waals surface area contributed by atoms with Crippen LogP contribution in [0.5, 0.6) is 5.88 Å². The average molecular weight is 258 g/mol. The lowest BCUT2D eigenvalue weighted by Crippen LogP contribution is -2.14. The van der Waals surface area contributed by atoms with Crippen LogP contribution >= 0.6 is 0 Å². The van der Waals surface area contributed by atoms with E-state index in [4.69, 9.17) is 10.5 Å². The second kappa shape index (κ2) is 5.92. The van der Waals surface area contributed by atoms with Gasteiger partial charge in [0.15, 0.2) is 0 Å². The number of rotatable bonds is 4. The molecule has 98 valence electrons. The molecule has 0 radical (unpaired) electrons. The van der Waals surface area contributed by atoms with E-state index in [-0.39, 0.29) is 12.5 Å². The molecule has 0 aliphatic carbocycles. The molecule has 2 rings (SSSR count). The molecule has 0 unspecified atom stereocenters. The number of amides is 1. The molecule has 0 aliphatic heterocycles. The average Bonchev–Trinajstić information content (AvgIpc) is 2.47. The second-order valence-electron chi connectivity index (χ2n) is 3.75. The van der Waals surface area contributed by atoms with Crippen molar-refractivity contribution in [1.29, 1.82) is 0 Å². The van der Waals surface area contributed by atoms with E-state index >= 15 is 0 Å². The van der Waals surface area contributed by atoms with Crippen LogP contribution in [0.3, 0.4) is 0 Å². The largest absolute Gasteiger partial charge is 0.480 e. The van der Waals surface area contributed by atoms with Crippen LogP contribution in [-0.2, 0) is 6.54 Å². The van der Waals surface area contributed by atoms with Crippen molar-refractivity contribution >= 4 is 11.6 Å². The summed E-state index contributed by atoms with van der Waals surface area (Å²) in [6, 6.07) is 6.71. The first-order valence-corrected chi connectivity index (χ1v) is 5.70. The predicted molar refractivity (Wildman–Crippen MR) is 70.9 cm³/mol. The van der Waals surface area contributed by atoms with Gasteiger partial charge in [0.1, 0.15) is 5.69 Å². The minimum Gasteiger partial charge on any atom is -0.480 e. The second-order valence-corrected chi connectivity index (χ2v) is 3.75. The molecule has 6 nitrogen and oxygen atoms in total. The molecule has 0 saturated carbocycles. The van der Waals surface area contributed by atoms with Gasteiger partial charge in [0.05, 0.1) is 12.8 Å². The van der Waals surface area contributed by atoms with E-state index in [2.05, 4.69) is 15.3 Å². The lowest BCUT2D eigenvalue weighted by Gasteiger charge is -2.09. The van der Waals surface area contributed by atoms with E-state index in [1.807, 2.05) is 0 Å². The molecule has 19 heavy (non-hydrogen) atoms. The fourth-order valence-electron chi connectivity index (χ4n) is 1.57. The first-order chi connectivity index (χ1) is 9.24. The molecule has 0 bridgehead atoms. The number of carbonyl (C=O) groups is 1. The zero-order valence-electron chi connectivity index (χ0n) is 10.5. The summed E-state index contributed by atoms with van der Waals surface area (Å²) in [6.45, 7) is 0.289. The number of nitrogens with two attached hydrogens (primary N) is 1. The summed E-state index contributed by atoms with van der Waals surface area (Å²) in [5.41, 5.74) is 7.15. The normalized spacial score (nSPS) is 10.0. The Bertz CT molecular complexity index is 586. The van der Waals surface area contributed by atoms with Crippen LogP contribution in [0.2, 0.25) is 0 Å². The number of hydrogen-bond donors (Lipinski definition) is 2. The molecule has 0 spiro atoms. The fraction of sp³-hybridized carbons (Fsp3) is 0.154. The Morgan fingerprint density at radius 2 is 2.21 bits per heavy atom. The van der Waals surface area contributed by atoms with Crippen molar-refractivity contribution in [3.05, 3.63) is 47.9 Å². The van der Waals surface area contributed by atoms with Crippen molar-refractivity contribution in [3.8, 4) is 5.88 Å². The summed E-state index contributed by atoms with van der Waals surface area (Å²) < 4.78 is 5.07. The smallest absolute Gasteiger partial charge is 0.255 e. The van der Waals surface area contributed by atoms with Gasteiger partial charge in [0.25, 0.3) is 5.91 Å². The number of nitrogens with one attached hydrogen (secondary N) is 1. The van der Waals surface area contributed by atoms with E-state index in [0.717, 1.165) is 0 Å². The van der Waals surface area contributed by atoms with Crippen LogP contribution in [-0.4, -0.2) is 23.0 Å². The third-order valence-electron chi connectivity index (χ3n) is 2.50. The summed E-state index contributed by atoms with van der Waals surface area (Å²) in [4.78, 5) is 20.1. The Balaban J connectivity index is 2.20. The number of carbonyl (C=O) groups excluding carboxylic acids is 1. The van der Waals surface area contributed by atoms with Gasteiger partial charge in [-0.3, -0.25) is 9.78 Å². The summed E-state index contributed by atoms with van der Waals surface area (Å²) in [5, 5.41) is 2.73. The van der Waals surface area contributed by atoms with Crippen LogP contribution in [0.4, 0.5) is 5.69 Å². The SMILES string of the molecule is COc1ncccc1NC(=O)c1ccnc(CN)c1. The molecule has 0 fully saturated rings. The number of ether oxygens (including phenoxy) is 1. The number of pyridine rings is 2. The Labute approximate surface area is 110 Å². The molecule has 1 amide bonds. The molecule has 2 heterocycles. The van der Waals surface area contributed by atoms with E-state index < -0.39 is 0 Å². The number of methoxy groups -OCH3 is 1. The highest BCUT2D eigenvalue weighted by atomic mass is 16.5. The maximum absolute atomic E-state index is 12.1. The summed E-state index contributed by atoms with van der Waals surface area (Å²) >= 11 is 0. The Morgan fingerprint density at radius 1 is 1.37 bits per heavy atom. The molecule has 0 saturated heterocycles. The van der Waals surface area contributed by atoms with Gasteiger partial charge in [0, 0.05) is 24.5 Å². The Hall–Kier alpha value is -2.47. The molecule has 0 atom stereocenters. The van der Waals surface area contributed by atoms with Crippen LogP contribution in [0.1, 0.15) is 16.1 Å². The Morgan fingerprint density at radius 3 is 2.95 bits per heavy atom. The van der Waals surface area contributed by atoms with Crippen LogP contribution in [0, 0.1) is 0 Å². The maximum atomic E-state index is 12.1. The van der Waals surface area contributed by atoms with Gasteiger partial charge < -0.3 is 15.8 Å². The lowest BCUT2D eigenvalue weighted by molar-refractivity contribution is 0.102. The van der Waals surface area contributed by atoms with E-state index in [1.165, 1.54) is 7.11 Å². The summed E-state index contributed by atoms with van der Waals surface area (Å²) in [6.07, 6.45) is 3.14. The van der Waals surface area contributed by atoms with Crippen molar-refractivity contribution in [3.63, 3.8) is 0 Å². The predicted octanol–water partition coefficient (Wildman–Crippen LogP) is 1.20. The van der Waals surface area contributed by atoms with Crippen LogP contribution in [0.15, 0.2) is 36.7 Å². The molecule has 2 aromatic heterocycles. The van der Waals surface area contributed by atoms with Gasteiger partial charge in [-0.2, -0.15) is 0 Å². The van der Waals surface area contributed by atoms with Gasteiger partial charge in [0.2, 0.25) is 5.88 Å². The number of hydrogen-bond acceptors (Lipinski definition) is 5. The number of aromatic nitrogens is 2. The number of nitrogens with zero attached hydrogens (tertiary/aromatic N) is 2. The van der Waals surface area contributed by atoms with Gasteiger partial charge in [-0.1, -0.05) is 0 Å². The monoisotopic (exact) mass is 258 g/mol.